The first-order valence-corrected chi connectivity index (χ1v) is 21.8. The van der Waals surface area contributed by atoms with Crippen LogP contribution in [-0.4, -0.2) is 175 Å². The maximum absolute atomic E-state index is 14.1. The largest absolute Gasteiger partial charge is 0.497 e. The summed E-state index contributed by atoms with van der Waals surface area (Å²) < 4.78 is 52.4. The van der Waals surface area contributed by atoms with Crippen molar-refractivity contribution in [2.45, 2.75) is 159 Å². The predicted molar refractivity (Wildman–Crippen MR) is 235 cm³/mol. The molecule has 366 valence electrons. The molecule has 16 unspecified atom stereocenters. The zero-order valence-corrected chi connectivity index (χ0v) is 39.8. The van der Waals surface area contributed by atoms with Gasteiger partial charge in [-0.25, -0.2) is 4.79 Å². The Kier molecular flexibility index (Phi) is 21.5. The molecule has 3 aliphatic heterocycles. The molecule has 3 rings (SSSR count). The number of esters is 1. The van der Waals surface area contributed by atoms with E-state index in [1.807, 2.05) is 32.9 Å². The Hall–Kier alpha value is -2.85. The van der Waals surface area contributed by atoms with Crippen LogP contribution in [0, 0.1) is 11.8 Å². The summed E-state index contributed by atoms with van der Waals surface area (Å²) in [5.74, 6) is -4.66. The minimum absolute atomic E-state index is 0.0571. The SMILES string of the molecule is COCCCC1OC(O)(C(C)C2CC(OC)C(O)C=C(C)C=C(C)C=C(C)C(OC3OC(C)C(OC)C(O)C3O)C(C)C=C(CO)C=C(OC)C=C(C)C(=O)O2)C(OC)C(O)C1(C)O. The van der Waals surface area contributed by atoms with E-state index in [0.717, 1.165) is 5.57 Å². The van der Waals surface area contributed by atoms with Crippen LogP contribution in [0.4, 0.5) is 0 Å². The molecular weight excluding hydrogens is 836 g/mol. The average Bonchev–Trinajstić information content (AvgIpc) is 3.23. The van der Waals surface area contributed by atoms with Crippen molar-refractivity contribution in [3.05, 3.63) is 70.1 Å². The third-order valence-corrected chi connectivity index (χ3v) is 12.5. The van der Waals surface area contributed by atoms with Gasteiger partial charge in [-0.2, -0.15) is 0 Å². The first-order chi connectivity index (χ1) is 30.0. The highest BCUT2D eigenvalue weighted by molar-refractivity contribution is 5.88. The number of aliphatic hydroxyl groups excluding tert-OH is 5. The lowest BCUT2D eigenvalue weighted by molar-refractivity contribution is -0.393. The van der Waals surface area contributed by atoms with Gasteiger partial charge in [0.15, 0.2) is 6.29 Å². The number of methoxy groups -OCH3 is 5. The molecule has 0 spiro atoms. The second kappa shape index (κ2) is 24.8. The molecule has 0 saturated carbocycles. The van der Waals surface area contributed by atoms with Crippen molar-refractivity contribution >= 4 is 5.97 Å². The summed E-state index contributed by atoms with van der Waals surface area (Å²) in [6.07, 6.45) is -3.49. The van der Waals surface area contributed by atoms with E-state index in [1.54, 1.807) is 32.9 Å². The standard InChI is InChI=1S/C47H76O17/c1-25-17-26(2)19-34(49)36(58-11)23-35(30(6)47(55)43(60-13)42(52)46(8,54)37(64-47)15-14-16-56-9)62-44(53)29(5)21-33(57-10)22-32(24-48)20-28(4)40(27(3)18-25)63-45-39(51)38(50)41(59-12)31(7)61-45/h17-22,28,30-31,34-43,45,48-52,54-55H,14-16,23-24H2,1-13H3. The van der Waals surface area contributed by atoms with Gasteiger partial charge < -0.3 is 78.4 Å². The summed E-state index contributed by atoms with van der Waals surface area (Å²) >= 11 is 0. The van der Waals surface area contributed by atoms with Crippen LogP contribution in [0.2, 0.25) is 0 Å². The molecule has 0 bridgehead atoms. The van der Waals surface area contributed by atoms with E-state index < -0.39 is 109 Å². The molecule has 2 saturated heterocycles. The van der Waals surface area contributed by atoms with Gasteiger partial charge in [0.05, 0.1) is 50.2 Å². The topological polar surface area (TPSA) is 242 Å². The summed E-state index contributed by atoms with van der Waals surface area (Å²) in [7, 11) is 6.98. The predicted octanol–water partition coefficient (Wildman–Crippen LogP) is 2.69. The van der Waals surface area contributed by atoms with Gasteiger partial charge in [0.1, 0.15) is 48.0 Å². The number of aliphatic hydroxyl groups is 7. The number of cyclic esters (lactones) is 1. The minimum atomic E-state index is -2.34. The number of allylic oxidation sites excluding steroid dienone is 5. The lowest BCUT2D eigenvalue weighted by Crippen LogP contribution is -2.72. The highest BCUT2D eigenvalue weighted by Crippen LogP contribution is 2.44. The van der Waals surface area contributed by atoms with Crippen molar-refractivity contribution in [1.82, 2.24) is 0 Å². The number of carbonyl (C=O) groups excluding carboxylic acids is 1. The highest BCUT2D eigenvalue weighted by Gasteiger charge is 2.62. The number of rotatable bonds is 13. The van der Waals surface area contributed by atoms with Gasteiger partial charge in [-0.1, -0.05) is 49.3 Å². The molecule has 0 amide bonds. The molecule has 7 N–H and O–H groups in total. The van der Waals surface area contributed by atoms with Crippen LogP contribution in [0.5, 0.6) is 0 Å². The van der Waals surface area contributed by atoms with Crippen molar-refractivity contribution in [1.29, 1.82) is 0 Å². The normalized spacial score (nSPS) is 38.4. The van der Waals surface area contributed by atoms with Crippen LogP contribution in [0.1, 0.15) is 74.7 Å². The van der Waals surface area contributed by atoms with E-state index in [1.165, 1.54) is 61.5 Å². The quantitative estimate of drug-likeness (QED) is 0.104. The average molecular weight is 913 g/mol. The van der Waals surface area contributed by atoms with Crippen LogP contribution in [0.25, 0.3) is 0 Å². The number of hydrogen-bond acceptors (Lipinski definition) is 17. The molecule has 3 aliphatic rings. The number of hydrogen-bond donors (Lipinski definition) is 7. The fourth-order valence-electron chi connectivity index (χ4n) is 8.71. The molecule has 0 aromatic heterocycles. The second-order valence-corrected chi connectivity index (χ2v) is 17.5. The van der Waals surface area contributed by atoms with E-state index >= 15 is 0 Å². The lowest BCUT2D eigenvalue weighted by atomic mass is 9.75. The monoisotopic (exact) mass is 913 g/mol. The number of ether oxygens (including phenoxy) is 9. The van der Waals surface area contributed by atoms with Crippen molar-refractivity contribution in [3.8, 4) is 0 Å². The minimum Gasteiger partial charge on any atom is -0.497 e. The number of carbonyl (C=O) groups is 1. The summed E-state index contributed by atoms with van der Waals surface area (Å²) in [5.41, 5.74) is 0.700. The molecular formula is C47H76O17. The van der Waals surface area contributed by atoms with E-state index in [2.05, 4.69) is 0 Å². The molecule has 3 heterocycles. The Morgan fingerprint density at radius 2 is 1.55 bits per heavy atom. The van der Waals surface area contributed by atoms with Crippen LogP contribution < -0.4 is 0 Å². The molecule has 16 atom stereocenters. The van der Waals surface area contributed by atoms with Crippen molar-refractivity contribution < 1.29 is 83.2 Å². The second-order valence-electron chi connectivity index (χ2n) is 17.5. The molecule has 0 aromatic carbocycles. The smallest absolute Gasteiger partial charge is 0.334 e. The Morgan fingerprint density at radius 3 is 2.12 bits per heavy atom. The fraction of sp³-hybridized carbons (Fsp3) is 0.723. The van der Waals surface area contributed by atoms with Gasteiger partial charge in [-0.15, -0.1) is 0 Å². The molecule has 0 radical (unpaired) electrons. The van der Waals surface area contributed by atoms with Gasteiger partial charge in [0, 0.05) is 53.0 Å². The van der Waals surface area contributed by atoms with Gasteiger partial charge in [0.25, 0.3) is 0 Å². The van der Waals surface area contributed by atoms with E-state index in [-0.39, 0.29) is 24.2 Å². The molecule has 0 aliphatic carbocycles. The Bertz CT molecular complexity index is 1700. The van der Waals surface area contributed by atoms with Crippen LogP contribution in [-0.2, 0) is 47.4 Å². The van der Waals surface area contributed by atoms with E-state index in [9.17, 15) is 40.5 Å². The first-order valence-electron chi connectivity index (χ1n) is 21.8. The van der Waals surface area contributed by atoms with Gasteiger partial charge in [0.2, 0.25) is 5.79 Å². The Balaban J connectivity index is 2.19. The van der Waals surface area contributed by atoms with Crippen LogP contribution >= 0.6 is 0 Å². The van der Waals surface area contributed by atoms with Crippen molar-refractivity contribution in [2.75, 3.05) is 48.8 Å². The maximum Gasteiger partial charge on any atom is 0.334 e. The van der Waals surface area contributed by atoms with Gasteiger partial charge in [-0.3, -0.25) is 0 Å². The van der Waals surface area contributed by atoms with E-state index in [0.29, 0.717) is 29.7 Å². The summed E-state index contributed by atoms with van der Waals surface area (Å²) in [5, 5.41) is 79.5. The van der Waals surface area contributed by atoms with Crippen LogP contribution in [0.15, 0.2) is 70.1 Å². The summed E-state index contributed by atoms with van der Waals surface area (Å²) in [6, 6.07) is 0. The zero-order chi connectivity index (χ0) is 48.3. The highest BCUT2D eigenvalue weighted by atomic mass is 16.7. The van der Waals surface area contributed by atoms with Crippen LogP contribution in [0.3, 0.4) is 0 Å². The third kappa shape index (κ3) is 13.6. The Morgan fingerprint density at radius 1 is 0.875 bits per heavy atom. The van der Waals surface area contributed by atoms with Crippen molar-refractivity contribution in [2.24, 2.45) is 11.8 Å². The Labute approximate surface area is 378 Å². The zero-order valence-electron chi connectivity index (χ0n) is 39.8. The molecule has 17 heteroatoms. The maximum atomic E-state index is 14.1. The van der Waals surface area contributed by atoms with Gasteiger partial charge >= 0.3 is 5.97 Å². The lowest BCUT2D eigenvalue weighted by Gasteiger charge is -2.54. The summed E-state index contributed by atoms with van der Waals surface area (Å²) in [4.78, 5) is 14.1. The van der Waals surface area contributed by atoms with Gasteiger partial charge in [-0.05, 0) is 77.7 Å². The van der Waals surface area contributed by atoms with Crippen molar-refractivity contribution in [3.63, 3.8) is 0 Å². The summed E-state index contributed by atoms with van der Waals surface area (Å²) in [6.45, 7) is 13.4. The third-order valence-electron chi connectivity index (χ3n) is 12.5. The first kappa shape index (κ1) is 55.5. The molecule has 64 heavy (non-hydrogen) atoms. The molecule has 2 fully saturated rings. The fourth-order valence-corrected chi connectivity index (χ4v) is 8.71. The molecule has 17 nitrogen and oxygen atoms in total. The molecule has 0 aromatic rings. The van der Waals surface area contributed by atoms with E-state index in [4.69, 9.17) is 42.6 Å².